The Bertz CT molecular complexity index is 544. The highest BCUT2D eigenvalue weighted by Crippen LogP contribution is 2.33. The van der Waals surface area contributed by atoms with Crippen LogP contribution in [0.1, 0.15) is 36.2 Å². The Balaban J connectivity index is 1.40. The number of likely N-dealkylation sites (tertiary alicyclic amines) is 2. The molecule has 5 nitrogen and oxygen atoms in total. The van der Waals surface area contributed by atoms with E-state index >= 15 is 0 Å². The first kappa shape index (κ1) is 15.1. The minimum atomic E-state index is 0.103. The van der Waals surface area contributed by atoms with Crippen LogP contribution in [0.4, 0.5) is 0 Å². The molecule has 3 aliphatic rings. The van der Waals surface area contributed by atoms with E-state index in [2.05, 4.69) is 14.8 Å². The summed E-state index contributed by atoms with van der Waals surface area (Å²) < 4.78 is 5.47. The monoisotopic (exact) mass is 315 g/mol. The number of pyridine rings is 1. The second-order valence-corrected chi connectivity index (χ2v) is 6.98. The predicted molar refractivity (Wildman–Crippen MR) is 87.2 cm³/mol. The third-order valence-corrected chi connectivity index (χ3v) is 5.67. The van der Waals surface area contributed by atoms with E-state index < -0.39 is 0 Å². The van der Waals surface area contributed by atoms with Gasteiger partial charge in [0.25, 0.3) is 5.91 Å². The van der Waals surface area contributed by atoms with Gasteiger partial charge in [-0.05, 0) is 43.7 Å². The van der Waals surface area contributed by atoms with E-state index in [0.29, 0.717) is 17.8 Å². The molecule has 5 heteroatoms. The number of nitrogens with zero attached hydrogens (tertiary/aromatic N) is 3. The number of carbonyl (C=O) groups is 1. The molecule has 124 valence electrons. The molecule has 2 atom stereocenters. The van der Waals surface area contributed by atoms with Crippen LogP contribution in [0.2, 0.25) is 0 Å². The molecule has 0 aliphatic carbocycles. The van der Waals surface area contributed by atoms with Crippen molar-refractivity contribution in [2.24, 2.45) is 5.92 Å². The number of hydrogen-bond donors (Lipinski definition) is 0. The van der Waals surface area contributed by atoms with E-state index in [1.54, 1.807) is 6.20 Å². The molecule has 0 saturated carbocycles. The molecule has 23 heavy (non-hydrogen) atoms. The standard InChI is InChI=1S/C18H25N3O2/c22-18(15-3-1-2-8-19-15)21-10-5-16-17(21)4-9-20(16)13-14-6-11-23-12-7-14/h1-3,8,14,16-17H,4-7,9-13H2/t16-,17-/m1/s1. The van der Waals surface area contributed by atoms with Crippen molar-refractivity contribution in [3.8, 4) is 0 Å². The maximum Gasteiger partial charge on any atom is 0.272 e. The maximum atomic E-state index is 12.7. The summed E-state index contributed by atoms with van der Waals surface area (Å²) in [4.78, 5) is 21.6. The Kier molecular flexibility index (Phi) is 4.31. The van der Waals surface area contributed by atoms with Gasteiger partial charge in [0, 0.05) is 51.1 Å². The normalized spacial score (nSPS) is 29.0. The van der Waals surface area contributed by atoms with Crippen LogP contribution in [0.5, 0.6) is 0 Å². The smallest absolute Gasteiger partial charge is 0.272 e. The van der Waals surface area contributed by atoms with Gasteiger partial charge in [-0.2, -0.15) is 0 Å². The van der Waals surface area contributed by atoms with Crippen LogP contribution in [0.3, 0.4) is 0 Å². The van der Waals surface area contributed by atoms with Crippen molar-refractivity contribution < 1.29 is 9.53 Å². The molecule has 0 radical (unpaired) electrons. The Labute approximate surface area is 137 Å². The van der Waals surface area contributed by atoms with E-state index in [1.807, 2.05) is 18.2 Å². The van der Waals surface area contributed by atoms with Gasteiger partial charge in [0.2, 0.25) is 0 Å². The van der Waals surface area contributed by atoms with Crippen LogP contribution in [-0.4, -0.2) is 65.6 Å². The summed E-state index contributed by atoms with van der Waals surface area (Å²) in [6, 6.07) is 6.49. The van der Waals surface area contributed by atoms with Gasteiger partial charge in [0.15, 0.2) is 0 Å². The van der Waals surface area contributed by atoms with Gasteiger partial charge in [0.1, 0.15) is 5.69 Å². The zero-order valence-electron chi connectivity index (χ0n) is 13.6. The van der Waals surface area contributed by atoms with Crippen LogP contribution >= 0.6 is 0 Å². The SMILES string of the molecule is O=C(c1ccccn1)N1CC[C@@H]2[C@H]1CCN2CC1CCOCC1. The summed E-state index contributed by atoms with van der Waals surface area (Å²) in [7, 11) is 0. The maximum absolute atomic E-state index is 12.7. The fourth-order valence-electron chi connectivity index (χ4n) is 4.45. The van der Waals surface area contributed by atoms with Crippen LogP contribution in [0, 0.1) is 5.92 Å². The fraction of sp³-hybridized carbons (Fsp3) is 0.667. The zero-order chi connectivity index (χ0) is 15.6. The molecule has 3 fully saturated rings. The molecule has 0 N–H and O–H groups in total. The van der Waals surface area contributed by atoms with E-state index in [0.717, 1.165) is 45.1 Å². The number of ether oxygens (including phenoxy) is 1. The Hall–Kier alpha value is -1.46. The van der Waals surface area contributed by atoms with Crippen molar-refractivity contribution in [2.45, 2.75) is 37.8 Å². The predicted octanol–water partition coefficient (Wildman–Crippen LogP) is 1.80. The first-order valence-corrected chi connectivity index (χ1v) is 8.87. The van der Waals surface area contributed by atoms with Crippen LogP contribution < -0.4 is 0 Å². The number of carbonyl (C=O) groups excluding carboxylic acids is 1. The van der Waals surface area contributed by atoms with Crippen LogP contribution in [-0.2, 0) is 4.74 Å². The lowest BCUT2D eigenvalue weighted by Gasteiger charge is -2.30. The van der Waals surface area contributed by atoms with Crippen molar-refractivity contribution in [1.82, 2.24) is 14.8 Å². The molecule has 0 aromatic carbocycles. The lowest BCUT2D eigenvalue weighted by Crippen LogP contribution is -2.41. The average molecular weight is 315 g/mol. The third-order valence-electron chi connectivity index (χ3n) is 5.67. The topological polar surface area (TPSA) is 45.7 Å². The lowest BCUT2D eigenvalue weighted by molar-refractivity contribution is 0.0502. The number of hydrogen-bond acceptors (Lipinski definition) is 4. The quantitative estimate of drug-likeness (QED) is 0.853. The number of rotatable bonds is 3. The van der Waals surface area contributed by atoms with Crippen molar-refractivity contribution in [3.05, 3.63) is 30.1 Å². The fourth-order valence-corrected chi connectivity index (χ4v) is 4.45. The van der Waals surface area contributed by atoms with E-state index in [4.69, 9.17) is 4.74 Å². The zero-order valence-corrected chi connectivity index (χ0v) is 13.6. The number of aromatic nitrogens is 1. The van der Waals surface area contributed by atoms with Gasteiger partial charge in [-0.25, -0.2) is 0 Å². The van der Waals surface area contributed by atoms with Crippen LogP contribution in [0.15, 0.2) is 24.4 Å². The Morgan fingerprint density at radius 3 is 2.74 bits per heavy atom. The molecule has 3 aliphatic heterocycles. The Morgan fingerprint density at radius 2 is 1.96 bits per heavy atom. The summed E-state index contributed by atoms with van der Waals surface area (Å²) >= 11 is 0. The van der Waals surface area contributed by atoms with Gasteiger partial charge in [-0.15, -0.1) is 0 Å². The summed E-state index contributed by atoms with van der Waals surface area (Å²) in [6.45, 7) is 5.00. The molecule has 0 bridgehead atoms. The Morgan fingerprint density at radius 1 is 1.13 bits per heavy atom. The molecular weight excluding hydrogens is 290 g/mol. The van der Waals surface area contributed by atoms with Gasteiger partial charge in [0.05, 0.1) is 0 Å². The molecule has 1 amide bonds. The summed E-state index contributed by atoms with van der Waals surface area (Å²) in [5.74, 6) is 0.869. The van der Waals surface area contributed by atoms with E-state index in [9.17, 15) is 4.79 Å². The minimum absolute atomic E-state index is 0.103. The first-order valence-electron chi connectivity index (χ1n) is 8.87. The van der Waals surface area contributed by atoms with Crippen molar-refractivity contribution in [1.29, 1.82) is 0 Å². The van der Waals surface area contributed by atoms with Crippen LogP contribution in [0.25, 0.3) is 0 Å². The third kappa shape index (κ3) is 3.00. The summed E-state index contributed by atoms with van der Waals surface area (Å²) in [5, 5.41) is 0. The van der Waals surface area contributed by atoms with Gasteiger partial charge in [-0.3, -0.25) is 14.7 Å². The molecule has 0 spiro atoms. The molecule has 1 aromatic rings. The summed E-state index contributed by atoms with van der Waals surface area (Å²) in [5.41, 5.74) is 0.580. The van der Waals surface area contributed by atoms with Crippen molar-refractivity contribution >= 4 is 5.91 Å². The van der Waals surface area contributed by atoms with E-state index in [-0.39, 0.29) is 5.91 Å². The van der Waals surface area contributed by atoms with Gasteiger partial charge in [-0.1, -0.05) is 6.07 Å². The first-order chi connectivity index (χ1) is 11.3. The number of amides is 1. The molecular formula is C18H25N3O2. The second-order valence-electron chi connectivity index (χ2n) is 6.98. The highest BCUT2D eigenvalue weighted by molar-refractivity contribution is 5.92. The largest absolute Gasteiger partial charge is 0.381 e. The van der Waals surface area contributed by atoms with E-state index in [1.165, 1.54) is 19.4 Å². The molecule has 0 unspecified atom stereocenters. The van der Waals surface area contributed by atoms with Crippen molar-refractivity contribution in [2.75, 3.05) is 32.8 Å². The highest BCUT2D eigenvalue weighted by Gasteiger charge is 2.44. The number of fused-ring (bicyclic) bond motifs is 1. The summed E-state index contributed by atoms with van der Waals surface area (Å²) in [6.07, 6.45) is 6.28. The molecule has 3 saturated heterocycles. The second kappa shape index (κ2) is 6.57. The molecule has 1 aromatic heterocycles. The lowest BCUT2D eigenvalue weighted by atomic mass is 9.99. The minimum Gasteiger partial charge on any atom is -0.381 e. The highest BCUT2D eigenvalue weighted by atomic mass is 16.5. The average Bonchev–Trinajstić information content (AvgIpc) is 3.19. The molecule has 4 rings (SSSR count). The molecule has 4 heterocycles. The van der Waals surface area contributed by atoms with Gasteiger partial charge >= 0.3 is 0 Å². The van der Waals surface area contributed by atoms with Crippen molar-refractivity contribution in [3.63, 3.8) is 0 Å². The van der Waals surface area contributed by atoms with Gasteiger partial charge < -0.3 is 9.64 Å².